The van der Waals surface area contributed by atoms with Crippen LogP contribution in [0.15, 0.2) is 54.9 Å². The number of carboxylic acid groups (broad SMARTS) is 1. The number of aromatic carboxylic acids is 1. The fourth-order valence-corrected chi connectivity index (χ4v) is 3.62. The van der Waals surface area contributed by atoms with E-state index in [4.69, 9.17) is 9.84 Å². The zero-order chi connectivity index (χ0) is 20.4. The normalized spacial score (nSPS) is 10.8. The molecule has 0 bridgehead atoms. The standard InChI is InChI=1S/C20H15FN4O3S/c1-12-19(29-18(23-12)11-28-17-7-4-14(21)10-22-17)16-8-9-25(24-16)15-5-2-13(3-6-15)20(26)27/h2-10H,11H2,1H3,(H,26,27). The molecule has 0 unspecified atom stereocenters. The van der Waals surface area contributed by atoms with Crippen LogP contribution in [0, 0.1) is 12.7 Å². The van der Waals surface area contributed by atoms with Gasteiger partial charge < -0.3 is 9.84 Å². The summed E-state index contributed by atoms with van der Waals surface area (Å²) in [6, 6.07) is 11.1. The summed E-state index contributed by atoms with van der Waals surface area (Å²) in [7, 11) is 0. The Bertz CT molecular complexity index is 1150. The quantitative estimate of drug-likeness (QED) is 0.514. The molecule has 7 nitrogen and oxygen atoms in total. The molecule has 3 heterocycles. The van der Waals surface area contributed by atoms with Gasteiger partial charge in [-0.1, -0.05) is 0 Å². The molecule has 0 saturated heterocycles. The number of aryl methyl sites for hydroxylation is 1. The number of aromatic nitrogens is 4. The first kappa shape index (κ1) is 18.8. The number of hydrogen-bond donors (Lipinski definition) is 1. The molecule has 4 rings (SSSR count). The van der Waals surface area contributed by atoms with E-state index in [9.17, 15) is 9.18 Å². The monoisotopic (exact) mass is 410 g/mol. The van der Waals surface area contributed by atoms with Gasteiger partial charge in [0.1, 0.15) is 23.1 Å². The Morgan fingerprint density at radius 3 is 2.69 bits per heavy atom. The number of pyridine rings is 1. The maximum absolute atomic E-state index is 12.9. The average Bonchev–Trinajstić information content (AvgIpc) is 3.34. The van der Waals surface area contributed by atoms with E-state index < -0.39 is 11.8 Å². The first-order chi connectivity index (χ1) is 14.0. The Morgan fingerprint density at radius 2 is 2.00 bits per heavy atom. The van der Waals surface area contributed by atoms with Crippen LogP contribution < -0.4 is 4.74 Å². The topological polar surface area (TPSA) is 90.1 Å². The van der Waals surface area contributed by atoms with Gasteiger partial charge in [-0.3, -0.25) is 0 Å². The van der Waals surface area contributed by atoms with Crippen LogP contribution in [0.25, 0.3) is 16.3 Å². The molecule has 9 heteroatoms. The Kier molecular flexibility index (Phi) is 5.05. The highest BCUT2D eigenvalue weighted by Crippen LogP contribution is 2.29. The van der Waals surface area contributed by atoms with Crippen LogP contribution in [0.1, 0.15) is 21.1 Å². The second-order valence-electron chi connectivity index (χ2n) is 6.12. The van der Waals surface area contributed by atoms with E-state index in [1.807, 2.05) is 19.2 Å². The van der Waals surface area contributed by atoms with E-state index in [0.717, 1.165) is 33.2 Å². The third-order valence-electron chi connectivity index (χ3n) is 4.09. The summed E-state index contributed by atoms with van der Waals surface area (Å²) in [4.78, 5) is 20.3. The van der Waals surface area contributed by atoms with E-state index >= 15 is 0 Å². The van der Waals surface area contributed by atoms with E-state index in [-0.39, 0.29) is 12.2 Å². The smallest absolute Gasteiger partial charge is 0.335 e. The number of benzene rings is 1. The van der Waals surface area contributed by atoms with Crippen molar-refractivity contribution in [2.24, 2.45) is 0 Å². The van der Waals surface area contributed by atoms with Crippen LogP contribution in [0.5, 0.6) is 5.88 Å². The molecule has 0 atom stereocenters. The maximum Gasteiger partial charge on any atom is 0.335 e. The van der Waals surface area contributed by atoms with Gasteiger partial charge in [0.15, 0.2) is 0 Å². The second kappa shape index (κ2) is 7.80. The molecule has 29 heavy (non-hydrogen) atoms. The highest BCUT2D eigenvalue weighted by Gasteiger charge is 2.14. The first-order valence-corrected chi connectivity index (χ1v) is 9.41. The van der Waals surface area contributed by atoms with Gasteiger partial charge in [0.05, 0.1) is 28.0 Å². The zero-order valence-electron chi connectivity index (χ0n) is 15.2. The summed E-state index contributed by atoms with van der Waals surface area (Å²) in [5.41, 5.74) is 2.56. The number of hydrogen-bond acceptors (Lipinski definition) is 6. The van der Waals surface area contributed by atoms with E-state index in [1.54, 1.807) is 16.8 Å². The Balaban J connectivity index is 1.50. The lowest BCUT2D eigenvalue weighted by atomic mass is 10.2. The summed E-state index contributed by atoms with van der Waals surface area (Å²) in [6.45, 7) is 2.12. The number of carboxylic acids is 1. The lowest BCUT2D eigenvalue weighted by Gasteiger charge is -2.02. The van der Waals surface area contributed by atoms with Crippen LogP contribution in [-0.4, -0.2) is 30.8 Å². The molecule has 3 aromatic heterocycles. The zero-order valence-corrected chi connectivity index (χ0v) is 16.1. The van der Waals surface area contributed by atoms with Gasteiger partial charge in [0.25, 0.3) is 0 Å². The van der Waals surface area contributed by atoms with Crippen LogP contribution in [0.2, 0.25) is 0 Å². The third kappa shape index (κ3) is 4.14. The molecule has 146 valence electrons. The Labute approximate surface area is 169 Å². The van der Waals surface area contributed by atoms with Gasteiger partial charge in [-0.2, -0.15) is 5.10 Å². The molecule has 1 N–H and O–H groups in total. The Morgan fingerprint density at radius 1 is 1.21 bits per heavy atom. The minimum absolute atomic E-state index is 0.222. The van der Waals surface area contributed by atoms with Gasteiger partial charge >= 0.3 is 5.97 Å². The predicted octanol–water partition coefficient (Wildman–Crippen LogP) is 4.12. The van der Waals surface area contributed by atoms with Crippen LogP contribution in [0.4, 0.5) is 4.39 Å². The van der Waals surface area contributed by atoms with Crippen molar-refractivity contribution in [2.75, 3.05) is 0 Å². The fraction of sp³-hybridized carbons (Fsp3) is 0.100. The van der Waals surface area contributed by atoms with Crippen molar-refractivity contribution in [3.63, 3.8) is 0 Å². The van der Waals surface area contributed by atoms with Crippen molar-refractivity contribution < 1.29 is 19.0 Å². The molecule has 4 aromatic rings. The SMILES string of the molecule is Cc1nc(COc2ccc(F)cn2)sc1-c1ccn(-c2ccc(C(=O)O)cc2)n1. The van der Waals surface area contributed by atoms with Crippen molar-refractivity contribution in [1.82, 2.24) is 19.7 Å². The van der Waals surface area contributed by atoms with Gasteiger partial charge in [-0.05, 0) is 43.3 Å². The van der Waals surface area contributed by atoms with Gasteiger partial charge in [0.2, 0.25) is 5.88 Å². The fourth-order valence-electron chi connectivity index (χ4n) is 2.68. The van der Waals surface area contributed by atoms with Crippen LogP contribution >= 0.6 is 11.3 Å². The number of carbonyl (C=O) groups is 1. The number of ether oxygens (including phenoxy) is 1. The molecule has 0 aliphatic carbocycles. The molecule has 1 aromatic carbocycles. The number of nitrogens with zero attached hydrogens (tertiary/aromatic N) is 4. The lowest BCUT2D eigenvalue weighted by Crippen LogP contribution is -1.98. The van der Waals surface area contributed by atoms with Gasteiger partial charge in [-0.15, -0.1) is 11.3 Å². The van der Waals surface area contributed by atoms with E-state index in [0.29, 0.717) is 5.88 Å². The van der Waals surface area contributed by atoms with Crippen molar-refractivity contribution in [1.29, 1.82) is 0 Å². The second-order valence-corrected chi connectivity index (χ2v) is 7.21. The Hall–Kier alpha value is -3.59. The molecule has 0 spiro atoms. The lowest BCUT2D eigenvalue weighted by molar-refractivity contribution is 0.0697. The number of halogens is 1. The average molecular weight is 410 g/mol. The van der Waals surface area contributed by atoms with Crippen LogP contribution in [-0.2, 0) is 6.61 Å². The third-order valence-corrected chi connectivity index (χ3v) is 5.24. The van der Waals surface area contributed by atoms with Crippen molar-refractivity contribution in [2.45, 2.75) is 13.5 Å². The summed E-state index contributed by atoms with van der Waals surface area (Å²) >= 11 is 1.46. The summed E-state index contributed by atoms with van der Waals surface area (Å²) in [6.07, 6.45) is 2.91. The predicted molar refractivity (Wildman–Crippen MR) is 105 cm³/mol. The molecule has 0 saturated carbocycles. The van der Waals surface area contributed by atoms with E-state index in [1.165, 1.54) is 35.6 Å². The number of rotatable bonds is 6. The minimum atomic E-state index is -0.969. The van der Waals surface area contributed by atoms with E-state index in [2.05, 4.69) is 15.1 Å². The van der Waals surface area contributed by atoms with Crippen LogP contribution in [0.3, 0.4) is 0 Å². The molecular weight excluding hydrogens is 395 g/mol. The summed E-state index contributed by atoms with van der Waals surface area (Å²) in [5.74, 6) is -1.06. The van der Waals surface area contributed by atoms with Crippen molar-refractivity contribution in [3.8, 4) is 22.1 Å². The van der Waals surface area contributed by atoms with Gasteiger partial charge in [-0.25, -0.2) is 23.8 Å². The minimum Gasteiger partial charge on any atom is -0.478 e. The molecule has 0 aliphatic rings. The maximum atomic E-state index is 12.9. The highest BCUT2D eigenvalue weighted by atomic mass is 32.1. The summed E-state index contributed by atoms with van der Waals surface area (Å²) < 4.78 is 20.1. The van der Waals surface area contributed by atoms with Crippen molar-refractivity contribution >= 4 is 17.3 Å². The molecule has 0 amide bonds. The first-order valence-electron chi connectivity index (χ1n) is 8.60. The van der Waals surface area contributed by atoms with Gasteiger partial charge in [0, 0.05) is 12.3 Å². The molecule has 0 fully saturated rings. The molecule has 0 radical (unpaired) electrons. The largest absolute Gasteiger partial charge is 0.478 e. The molecule has 0 aliphatic heterocycles. The summed E-state index contributed by atoms with van der Waals surface area (Å²) in [5, 5.41) is 14.3. The number of thiazole rings is 1. The molecular formula is C20H15FN4O3S. The van der Waals surface area contributed by atoms with Crippen molar-refractivity contribution in [3.05, 3.63) is 76.9 Å². The highest BCUT2D eigenvalue weighted by molar-refractivity contribution is 7.15.